The van der Waals surface area contributed by atoms with Crippen molar-refractivity contribution in [3.63, 3.8) is 0 Å². The molecule has 0 aliphatic carbocycles. The van der Waals surface area contributed by atoms with Gasteiger partial charge in [-0.15, -0.1) is 0 Å². The number of aryl methyl sites for hydroxylation is 2. The number of nitrogens with one attached hydrogen (secondary N) is 1. The first-order valence-electron chi connectivity index (χ1n) is 10.8. The summed E-state index contributed by atoms with van der Waals surface area (Å²) in [4.78, 5) is 26.3. The maximum Gasteiger partial charge on any atom is 0.410 e. The average molecular weight is 439 g/mol. The van der Waals surface area contributed by atoms with E-state index in [1.807, 2.05) is 27.7 Å². The summed E-state index contributed by atoms with van der Waals surface area (Å²) in [5, 5.41) is 7.94. The number of unbranched alkanes of at least 4 members (excludes halogenated alkanes) is 1. The number of piperidine rings is 1. The van der Waals surface area contributed by atoms with Gasteiger partial charge in [-0.3, -0.25) is 9.48 Å². The van der Waals surface area contributed by atoms with Crippen molar-refractivity contribution in [2.24, 2.45) is 5.92 Å². The second kappa shape index (κ2) is 10.8. The summed E-state index contributed by atoms with van der Waals surface area (Å²) in [6.45, 7) is 12.2. The van der Waals surface area contributed by atoms with Crippen molar-refractivity contribution in [2.75, 3.05) is 19.6 Å². The summed E-state index contributed by atoms with van der Waals surface area (Å²) in [6, 6.07) is 0. The van der Waals surface area contributed by atoms with Gasteiger partial charge in [0.05, 0.1) is 5.69 Å². The van der Waals surface area contributed by atoms with Crippen LogP contribution in [0.5, 0.6) is 0 Å². The standard InChI is InChI=1S/C22H35ClN4O3/c1-6-7-13-27-20(23)18(16(2)25-27)10-11-19(28)24-14-17-9-8-12-26(15-17)21(29)30-22(3,4)5/h10-11,17H,6-9,12-15H2,1-5H3,(H,24,28). The predicted molar refractivity (Wildman–Crippen MR) is 119 cm³/mol. The zero-order chi connectivity index (χ0) is 22.3. The molecule has 1 fully saturated rings. The van der Waals surface area contributed by atoms with Crippen LogP contribution in [0.3, 0.4) is 0 Å². The monoisotopic (exact) mass is 438 g/mol. The lowest BCUT2D eigenvalue weighted by atomic mass is 9.98. The van der Waals surface area contributed by atoms with Crippen LogP contribution in [0.4, 0.5) is 4.79 Å². The Balaban J connectivity index is 1.86. The van der Waals surface area contributed by atoms with Crippen molar-refractivity contribution < 1.29 is 14.3 Å². The molecule has 0 radical (unpaired) electrons. The highest BCUT2D eigenvalue weighted by Gasteiger charge is 2.27. The highest BCUT2D eigenvalue weighted by atomic mass is 35.5. The van der Waals surface area contributed by atoms with E-state index in [0.717, 1.165) is 43.5 Å². The highest BCUT2D eigenvalue weighted by Crippen LogP contribution is 2.22. The molecule has 2 amide bonds. The van der Waals surface area contributed by atoms with E-state index in [1.54, 1.807) is 15.7 Å². The lowest BCUT2D eigenvalue weighted by molar-refractivity contribution is -0.116. The molecule has 168 valence electrons. The van der Waals surface area contributed by atoms with Gasteiger partial charge in [0.25, 0.3) is 0 Å². The molecule has 1 aromatic heterocycles. The third-order valence-electron chi connectivity index (χ3n) is 4.97. The Hall–Kier alpha value is -2.02. The molecule has 1 N–H and O–H groups in total. The fraction of sp³-hybridized carbons (Fsp3) is 0.682. The molecule has 30 heavy (non-hydrogen) atoms. The lowest BCUT2D eigenvalue weighted by Crippen LogP contribution is -2.45. The molecule has 1 atom stereocenters. The van der Waals surface area contributed by atoms with Gasteiger partial charge in [0.15, 0.2) is 0 Å². The van der Waals surface area contributed by atoms with E-state index in [4.69, 9.17) is 16.3 Å². The van der Waals surface area contributed by atoms with Gasteiger partial charge in [0, 0.05) is 37.8 Å². The van der Waals surface area contributed by atoms with E-state index in [1.165, 1.54) is 6.08 Å². The smallest absolute Gasteiger partial charge is 0.410 e. The van der Waals surface area contributed by atoms with Crippen LogP contribution >= 0.6 is 11.6 Å². The maximum atomic E-state index is 12.3. The van der Waals surface area contributed by atoms with E-state index >= 15 is 0 Å². The van der Waals surface area contributed by atoms with Gasteiger partial charge in [-0.25, -0.2) is 4.79 Å². The third-order valence-corrected chi connectivity index (χ3v) is 5.37. The van der Waals surface area contributed by atoms with Crippen LogP contribution < -0.4 is 5.32 Å². The second-order valence-corrected chi connectivity index (χ2v) is 9.24. The first-order chi connectivity index (χ1) is 14.1. The van der Waals surface area contributed by atoms with Gasteiger partial charge >= 0.3 is 6.09 Å². The minimum atomic E-state index is -0.507. The van der Waals surface area contributed by atoms with E-state index in [2.05, 4.69) is 17.3 Å². The van der Waals surface area contributed by atoms with E-state index in [9.17, 15) is 9.59 Å². The van der Waals surface area contributed by atoms with Crippen LogP contribution in [0.1, 0.15) is 64.6 Å². The highest BCUT2D eigenvalue weighted by molar-refractivity contribution is 6.31. The number of nitrogens with zero attached hydrogens (tertiary/aromatic N) is 3. The molecule has 7 nitrogen and oxygen atoms in total. The van der Waals surface area contributed by atoms with Crippen molar-refractivity contribution >= 4 is 29.7 Å². The Labute approximate surface area is 184 Å². The summed E-state index contributed by atoms with van der Waals surface area (Å²) >= 11 is 6.41. The van der Waals surface area contributed by atoms with Gasteiger partial charge in [-0.1, -0.05) is 24.9 Å². The van der Waals surface area contributed by atoms with Gasteiger partial charge in [0.1, 0.15) is 10.8 Å². The van der Waals surface area contributed by atoms with Crippen molar-refractivity contribution in [3.05, 3.63) is 22.5 Å². The molecule has 0 aromatic carbocycles. The molecular formula is C22H35ClN4O3. The molecule has 1 aliphatic heterocycles. The van der Waals surface area contributed by atoms with E-state index in [-0.39, 0.29) is 17.9 Å². The predicted octanol–water partition coefficient (Wildman–Crippen LogP) is 4.42. The number of carbonyl (C=O) groups is 2. The van der Waals surface area contributed by atoms with Crippen LogP contribution in [-0.4, -0.2) is 51.9 Å². The number of carbonyl (C=O) groups excluding carboxylic acids is 2. The Morgan fingerprint density at radius 3 is 2.77 bits per heavy atom. The van der Waals surface area contributed by atoms with Gasteiger partial charge in [0.2, 0.25) is 5.91 Å². The fourth-order valence-corrected chi connectivity index (χ4v) is 3.72. The van der Waals surface area contributed by atoms with Crippen LogP contribution in [0.2, 0.25) is 5.15 Å². The molecule has 0 saturated carbocycles. The Morgan fingerprint density at radius 2 is 2.10 bits per heavy atom. The first kappa shape index (κ1) is 24.3. The molecule has 2 rings (SSSR count). The largest absolute Gasteiger partial charge is 0.444 e. The number of likely N-dealkylation sites (tertiary alicyclic amines) is 1. The number of rotatable bonds is 7. The maximum absolute atomic E-state index is 12.3. The van der Waals surface area contributed by atoms with E-state index in [0.29, 0.717) is 24.8 Å². The number of aromatic nitrogens is 2. The minimum absolute atomic E-state index is 0.179. The minimum Gasteiger partial charge on any atom is -0.444 e. The number of halogens is 1. The van der Waals surface area contributed by atoms with E-state index < -0.39 is 5.60 Å². The number of hydrogen-bond acceptors (Lipinski definition) is 4. The molecule has 1 unspecified atom stereocenters. The fourth-order valence-electron chi connectivity index (χ4n) is 3.40. The van der Waals surface area contributed by atoms with Crippen LogP contribution in [0.25, 0.3) is 6.08 Å². The molecule has 2 heterocycles. The number of hydrogen-bond donors (Lipinski definition) is 1. The van der Waals surface area contributed by atoms with Gasteiger partial charge < -0.3 is 15.0 Å². The average Bonchev–Trinajstić information content (AvgIpc) is 2.95. The molecule has 1 aromatic rings. The van der Waals surface area contributed by atoms with Crippen molar-refractivity contribution in [2.45, 2.75) is 72.4 Å². The Bertz CT molecular complexity index is 767. The Morgan fingerprint density at radius 1 is 1.37 bits per heavy atom. The second-order valence-electron chi connectivity index (χ2n) is 8.88. The van der Waals surface area contributed by atoms with Gasteiger partial charge in [-0.2, -0.15) is 5.10 Å². The van der Waals surface area contributed by atoms with Crippen LogP contribution in [0.15, 0.2) is 6.08 Å². The summed E-state index contributed by atoms with van der Waals surface area (Å²) in [5.41, 5.74) is 1.07. The molecule has 1 aliphatic rings. The summed E-state index contributed by atoms with van der Waals surface area (Å²) in [6.07, 6.45) is 6.87. The van der Waals surface area contributed by atoms with Gasteiger partial charge in [-0.05, 0) is 59.0 Å². The molecule has 1 saturated heterocycles. The Kier molecular flexibility index (Phi) is 8.77. The van der Waals surface area contributed by atoms with Crippen molar-refractivity contribution in [1.29, 1.82) is 0 Å². The topological polar surface area (TPSA) is 76.5 Å². The zero-order valence-corrected chi connectivity index (χ0v) is 19.6. The quantitative estimate of drug-likeness (QED) is 0.639. The third kappa shape index (κ3) is 7.35. The van der Waals surface area contributed by atoms with Crippen LogP contribution in [-0.2, 0) is 16.1 Å². The summed E-state index contributed by atoms with van der Waals surface area (Å²) < 4.78 is 7.24. The summed E-state index contributed by atoms with van der Waals surface area (Å²) in [7, 11) is 0. The summed E-state index contributed by atoms with van der Waals surface area (Å²) in [5.74, 6) is 0.0342. The first-order valence-corrected chi connectivity index (χ1v) is 11.1. The lowest BCUT2D eigenvalue weighted by Gasteiger charge is -2.34. The molecular weight excluding hydrogens is 404 g/mol. The zero-order valence-electron chi connectivity index (χ0n) is 18.8. The molecule has 0 spiro atoms. The molecule has 0 bridgehead atoms. The van der Waals surface area contributed by atoms with Crippen LogP contribution in [0, 0.1) is 12.8 Å². The van der Waals surface area contributed by atoms with Crippen molar-refractivity contribution in [1.82, 2.24) is 20.0 Å². The SMILES string of the molecule is CCCCn1nc(C)c(C=CC(=O)NCC2CCCN(C(=O)OC(C)(C)C)C2)c1Cl. The number of amides is 2. The van der Waals surface area contributed by atoms with Crippen molar-refractivity contribution in [3.8, 4) is 0 Å². The number of ether oxygens (including phenoxy) is 1. The molecule has 8 heteroatoms. The normalized spacial score (nSPS) is 17.4.